The van der Waals surface area contributed by atoms with Gasteiger partial charge in [-0.2, -0.15) is 4.31 Å². The van der Waals surface area contributed by atoms with Gasteiger partial charge in [0.05, 0.1) is 4.99 Å². The van der Waals surface area contributed by atoms with Gasteiger partial charge in [0.2, 0.25) is 10.0 Å². The second kappa shape index (κ2) is 5.24. The van der Waals surface area contributed by atoms with Gasteiger partial charge in [0.1, 0.15) is 5.25 Å². The van der Waals surface area contributed by atoms with E-state index in [0.29, 0.717) is 6.54 Å². The number of thiophene rings is 1. The summed E-state index contributed by atoms with van der Waals surface area (Å²) in [4.78, 5) is 1.08. The molecule has 1 heterocycles. The van der Waals surface area contributed by atoms with Crippen molar-refractivity contribution in [3.63, 3.8) is 0 Å². The average Bonchev–Trinajstić information content (AvgIpc) is 3.01. The molecule has 2 rings (SSSR count). The van der Waals surface area contributed by atoms with Crippen molar-refractivity contribution < 1.29 is 8.42 Å². The molecule has 2 N–H and O–H groups in total. The van der Waals surface area contributed by atoms with Crippen LogP contribution in [-0.4, -0.2) is 29.0 Å². The molecule has 1 atom stereocenters. The number of sulfonamides is 1. The Bertz CT molecular complexity index is 520. The fourth-order valence-corrected chi connectivity index (χ4v) is 4.49. The van der Waals surface area contributed by atoms with Gasteiger partial charge >= 0.3 is 0 Å². The SMILES string of the molecule is CC(C(N)=S)S(=O)(=O)N(Cc1cccs1)C1CC1. The second-order valence-electron chi connectivity index (χ2n) is 4.45. The molecule has 18 heavy (non-hydrogen) atoms. The Kier molecular flexibility index (Phi) is 4.05. The highest BCUT2D eigenvalue weighted by molar-refractivity contribution is 7.92. The van der Waals surface area contributed by atoms with Gasteiger partial charge in [0.25, 0.3) is 0 Å². The molecule has 1 fully saturated rings. The largest absolute Gasteiger partial charge is 0.392 e. The zero-order valence-electron chi connectivity index (χ0n) is 10.1. The Labute approximate surface area is 117 Å². The van der Waals surface area contributed by atoms with Crippen LogP contribution in [-0.2, 0) is 16.6 Å². The molecule has 100 valence electrons. The van der Waals surface area contributed by atoms with Crippen LogP contribution >= 0.6 is 23.6 Å². The summed E-state index contributed by atoms with van der Waals surface area (Å²) in [5, 5.41) is 1.15. The molecule has 0 amide bonds. The lowest BCUT2D eigenvalue weighted by Gasteiger charge is -2.24. The number of nitrogens with zero attached hydrogens (tertiary/aromatic N) is 1. The zero-order valence-corrected chi connectivity index (χ0v) is 12.5. The molecule has 1 aromatic heterocycles. The molecule has 1 aliphatic rings. The molecule has 7 heteroatoms. The predicted octanol–water partition coefficient (Wildman–Crippen LogP) is 1.72. The van der Waals surface area contributed by atoms with Crippen molar-refractivity contribution in [3.05, 3.63) is 22.4 Å². The second-order valence-corrected chi connectivity index (χ2v) is 8.16. The summed E-state index contributed by atoms with van der Waals surface area (Å²) in [6.45, 7) is 1.99. The van der Waals surface area contributed by atoms with Gasteiger partial charge in [-0.3, -0.25) is 0 Å². The van der Waals surface area contributed by atoms with E-state index in [2.05, 4.69) is 0 Å². The van der Waals surface area contributed by atoms with Crippen molar-refractivity contribution in [2.45, 2.75) is 37.6 Å². The maximum absolute atomic E-state index is 12.4. The fourth-order valence-electron chi connectivity index (χ4n) is 1.70. The molecule has 0 aliphatic heterocycles. The van der Waals surface area contributed by atoms with Crippen LogP contribution in [0, 0.1) is 0 Å². The lowest BCUT2D eigenvalue weighted by atomic mass is 10.4. The first-order chi connectivity index (χ1) is 8.43. The summed E-state index contributed by atoms with van der Waals surface area (Å²) in [5.41, 5.74) is 5.48. The topological polar surface area (TPSA) is 63.4 Å². The normalized spacial score (nSPS) is 17.9. The summed E-state index contributed by atoms with van der Waals surface area (Å²) < 4.78 is 26.4. The van der Waals surface area contributed by atoms with Gasteiger partial charge in [-0.25, -0.2) is 8.42 Å². The highest BCUT2D eigenvalue weighted by atomic mass is 32.2. The maximum Gasteiger partial charge on any atom is 0.223 e. The summed E-state index contributed by atoms with van der Waals surface area (Å²) in [5.74, 6) is 0. The van der Waals surface area contributed by atoms with Gasteiger partial charge in [0, 0.05) is 17.5 Å². The van der Waals surface area contributed by atoms with Crippen molar-refractivity contribution in [3.8, 4) is 0 Å². The van der Waals surface area contributed by atoms with Crippen molar-refractivity contribution >= 4 is 38.6 Å². The van der Waals surface area contributed by atoms with E-state index in [9.17, 15) is 8.42 Å². The van der Waals surface area contributed by atoms with Gasteiger partial charge in [-0.15, -0.1) is 11.3 Å². The third kappa shape index (κ3) is 2.90. The van der Waals surface area contributed by atoms with E-state index in [1.165, 1.54) is 0 Å². The van der Waals surface area contributed by atoms with E-state index in [4.69, 9.17) is 18.0 Å². The molecule has 1 aliphatic carbocycles. The van der Waals surface area contributed by atoms with E-state index >= 15 is 0 Å². The molecule has 1 saturated carbocycles. The van der Waals surface area contributed by atoms with Crippen molar-refractivity contribution in [2.75, 3.05) is 0 Å². The molecule has 0 aromatic carbocycles. The van der Waals surface area contributed by atoms with E-state index in [1.807, 2.05) is 17.5 Å². The third-order valence-electron chi connectivity index (χ3n) is 3.02. The monoisotopic (exact) mass is 304 g/mol. The number of hydrogen-bond acceptors (Lipinski definition) is 4. The number of thiocarbonyl (C=S) groups is 1. The van der Waals surface area contributed by atoms with E-state index < -0.39 is 15.3 Å². The van der Waals surface area contributed by atoms with Gasteiger partial charge in [0.15, 0.2) is 0 Å². The predicted molar refractivity (Wildman–Crippen MR) is 78.1 cm³/mol. The fraction of sp³-hybridized carbons (Fsp3) is 0.545. The lowest BCUT2D eigenvalue weighted by molar-refractivity contribution is 0.399. The van der Waals surface area contributed by atoms with Crippen LogP contribution in [0.2, 0.25) is 0 Å². The Balaban J connectivity index is 2.22. The standard InChI is InChI=1S/C11H16N2O2S3/c1-8(11(12)16)18(14,15)13(9-4-5-9)7-10-3-2-6-17-10/h2-3,6,8-9H,4-5,7H2,1H3,(H2,12,16). The molecule has 4 nitrogen and oxygen atoms in total. The first kappa shape index (κ1) is 13.9. The Morgan fingerprint density at radius 1 is 1.67 bits per heavy atom. The number of hydrogen-bond donors (Lipinski definition) is 1. The van der Waals surface area contributed by atoms with Crippen molar-refractivity contribution in [2.24, 2.45) is 5.73 Å². The smallest absolute Gasteiger partial charge is 0.223 e. The lowest BCUT2D eigenvalue weighted by Crippen LogP contribution is -2.43. The van der Waals surface area contributed by atoms with Crippen LogP contribution < -0.4 is 5.73 Å². The van der Waals surface area contributed by atoms with Crippen LogP contribution in [0.4, 0.5) is 0 Å². The third-order valence-corrected chi connectivity index (χ3v) is 6.61. The van der Waals surface area contributed by atoms with Crippen molar-refractivity contribution in [1.82, 2.24) is 4.31 Å². The van der Waals surface area contributed by atoms with Gasteiger partial charge < -0.3 is 5.73 Å². The molecule has 0 saturated heterocycles. The molecule has 0 radical (unpaired) electrons. The van der Waals surface area contributed by atoms with Crippen LogP contribution in [0.5, 0.6) is 0 Å². The van der Waals surface area contributed by atoms with Gasteiger partial charge in [-0.1, -0.05) is 18.3 Å². The van der Waals surface area contributed by atoms with E-state index in [0.717, 1.165) is 17.7 Å². The first-order valence-electron chi connectivity index (χ1n) is 5.75. The van der Waals surface area contributed by atoms with Crippen LogP contribution in [0.15, 0.2) is 17.5 Å². The summed E-state index contributed by atoms with van der Waals surface area (Å²) in [6.07, 6.45) is 1.85. The molecule has 0 spiro atoms. The first-order valence-corrected chi connectivity index (χ1v) is 8.54. The Morgan fingerprint density at radius 2 is 2.33 bits per heavy atom. The van der Waals surface area contributed by atoms with Crippen molar-refractivity contribution in [1.29, 1.82) is 0 Å². The van der Waals surface area contributed by atoms with Crippen LogP contribution in [0.3, 0.4) is 0 Å². The minimum atomic E-state index is -3.44. The number of rotatable bonds is 6. The molecule has 1 aromatic rings. The highest BCUT2D eigenvalue weighted by Crippen LogP contribution is 2.33. The average molecular weight is 304 g/mol. The quantitative estimate of drug-likeness (QED) is 0.813. The molecule has 1 unspecified atom stereocenters. The number of nitrogens with two attached hydrogens (primary N) is 1. The van der Waals surface area contributed by atoms with E-state index in [-0.39, 0.29) is 11.0 Å². The maximum atomic E-state index is 12.4. The highest BCUT2D eigenvalue weighted by Gasteiger charge is 2.40. The Hall–Kier alpha value is -0.500. The zero-order chi connectivity index (χ0) is 13.3. The summed E-state index contributed by atoms with van der Waals surface area (Å²) in [6, 6.07) is 3.99. The van der Waals surface area contributed by atoms with Crippen LogP contribution in [0.1, 0.15) is 24.6 Å². The molecular weight excluding hydrogens is 288 g/mol. The summed E-state index contributed by atoms with van der Waals surface area (Å²) >= 11 is 6.38. The van der Waals surface area contributed by atoms with Gasteiger partial charge in [-0.05, 0) is 31.2 Å². The Morgan fingerprint density at radius 3 is 2.78 bits per heavy atom. The van der Waals surface area contributed by atoms with Crippen LogP contribution in [0.25, 0.3) is 0 Å². The van der Waals surface area contributed by atoms with E-state index in [1.54, 1.807) is 22.6 Å². The minimum Gasteiger partial charge on any atom is -0.392 e. The molecular formula is C11H16N2O2S3. The molecule has 0 bridgehead atoms. The summed E-state index contributed by atoms with van der Waals surface area (Å²) in [7, 11) is -3.44. The minimum absolute atomic E-state index is 0.0341.